The lowest BCUT2D eigenvalue weighted by atomic mass is 10.2. The van der Waals surface area contributed by atoms with E-state index in [4.69, 9.17) is 4.74 Å². The molecule has 1 saturated carbocycles. The first-order chi connectivity index (χ1) is 9.72. The molecule has 1 fully saturated rings. The predicted octanol–water partition coefficient (Wildman–Crippen LogP) is 3.12. The third-order valence-corrected chi connectivity index (χ3v) is 3.68. The van der Waals surface area contributed by atoms with Crippen LogP contribution in [0, 0.1) is 5.92 Å². The average Bonchev–Trinajstić information content (AvgIpc) is 3.28. The maximum atomic E-state index is 5.17. The Morgan fingerprint density at radius 1 is 1.33 bits per heavy atom. The van der Waals surface area contributed by atoms with E-state index >= 15 is 0 Å². The number of benzene rings is 1. The van der Waals surface area contributed by atoms with Crippen LogP contribution in [0.2, 0.25) is 0 Å². The third kappa shape index (κ3) is 6.11. The Hall–Kier alpha value is -0.980. The van der Waals surface area contributed by atoms with Crippen LogP contribution in [-0.2, 0) is 6.54 Å². The first-order valence-corrected chi connectivity index (χ1v) is 7.27. The summed E-state index contributed by atoms with van der Waals surface area (Å²) in [6.07, 6.45) is 4.07. The summed E-state index contributed by atoms with van der Waals surface area (Å²) in [6.45, 7) is 1.86. The second-order valence-corrected chi connectivity index (χ2v) is 5.41. The van der Waals surface area contributed by atoms with Crippen LogP contribution in [0.3, 0.4) is 0 Å². The van der Waals surface area contributed by atoms with Gasteiger partial charge in [-0.2, -0.15) is 0 Å². The molecule has 118 valence electrons. The van der Waals surface area contributed by atoms with Crippen LogP contribution < -0.4 is 10.1 Å². The van der Waals surface area contributed by atoms with E-state index in [-0.39, 0.29) is 24.0 Å². The minimum absolute atomic E-state index is 0. The molecule has 1 aliphatic carbocycles. The van der Waals surface area contributed by atoms with E-state index in [0.29, 0.717) is 0 Å². The molecule has 0 aromatic heterocycles. The van der Waals surface area contributed by atoms with Gasteiger partial charge >= 0.3 is 0 Å². The van der Waals surface area contributed by atoms with Gasteiger partial charge in [-0.3, -0.25) is 4.99 Å². The number of nitrogens with zero attached hydrogens (tertiary/aromatic N) is 2. The maximum Gasteiger partial charge on any atom is 0.193 e. The van der Waals surface area contributed by atoms with Gasteiger partial charge in [-0.05, 0) is 30.0 Å². The zero-order valence-electron chi connectivity index (χ0n) is 13.1. The van der Waals surface area contributed by atoms with E-state index in [1.165, 1.54) is 24.8 Å². The van der Waals surface area contributed by atoms with Gasteiger partial charge in [0.25, 0.3) is 0 Å². The van der Waals surface area contributed by atoms with E-state index in [1.54, 1.807) is 7.11 Å². The van der Waals surface area contributed by atoms with Gasteiger partial charge in [-0.15, -0.1) is 24.0 Å². The summed E-state index contributed by atoms with van der Waals surface area (Å²) in [5, 5.41) is 3.43. The first-order valence-electron chi connectivity index (χ1n) is 7.27. The molecule has 0 amide bonds. The van der Waals surface area contributed by atoms with Crippen molar-refractivity contribution in [3.63, 3.8) is 0 Å². The van der Waals surface area contributed by atoms with Gasteiger partial charge in [0.15, 0.2) is 5.96 Å². The molecule has 4 nitrogen and oxygen atoms in total. The molecule has 0 atom stereocenters. The number of hydrogen-bond acceptors (Lipinski definition) is 2. The zero-order chi connectivity index (χ0) is 14.4. The highest BCUT2D eigenvalue weighted by molar-refractivity contribution is 14.0. The second-order valence-electron chi connectivity index (χ2n) is 5.41. The fourth-order valence-electron chi connectivity index (χ4n) is 2.26. The van der Waals surface area contributed by atoms with Crippen molar-refractivity contribution in [1.29, 1.82) is 0 Å². The van der Waals surface area contributed by atoms with E-state index in [1.807, 2.05) is 19.2 Å². The molecule has 5 heteroatoms. The first kappa shape index (κ1) is 18.1. The molecule has 0 saturated heterocycles. The Morgan fingerprint density at radius 3 is 2.52 bits per heavy atom. The van der Waals surface area contributed by atoms with Crippen LogP contribution in [0.15, 0.2) is 29.3 Å². The molecule has 0 heterocycles. The summed E-state index contributed by atoms with van der Waals surface area (Å²) >= 11 is 0. The van der Waals surface area contributed by atoms with Gasteiger partial charge in [-0.25, -0.2) is 0 Å². The SMILES string of the molecule is CN=C(NCCC1CC1)N(C)Cc1ccc(OC)cc1.I. The summed E-state index contributed by atoms with van der Waals surface area (Å²) in [6, 6.07) is 8.17. The lowest BCUT2D eigenvalue weighted by Crippen LogP contribution is -2.38. The maximum absolute atomic E-state index is 5.17. The van der Waals surface area contributed by atoms with Crippen LogP contribution in [0.5, 0.6) is 5.75 Å². The van der Waals surface area contributed by atoms with Gasteiger partial charge in [-0.1, -0.05) is 25.0 Å². The summed E-state index contributed by atoms with van der Waals surface area (Å²) in [5.74, 6) is 2.80. The minimum atomic E-state index is 0. The summed E-state index contributed by atoms with van der Waals surface area (Å²) in [7, 11) is 5.59. The largest absolute Gasteiger partial charge is 0.497 e. The Balaban J connectivity index is 0.00000220. The lowest BCUT2D eigenvalue weighted by Gasteiger charge is -2.22. The molecule has 21 heavy (non-hydrogen) atoms. The van der Waals surface area contributed by atoms with Crippen LogP contribution in [0.4, 0.5) is 0 Å². The third-order valence-electron chi connectivity index (χ3n) is 3.68. The van der Waals surface area contributed by atoms with Crippen molar-refractivity contribution in [2.24, 2.45) is 10.9 Å². The van der Waals surface area contributed by atoms with Gasteiger partial charge in [0, 0.05) is 27.2 Å². The van der Waals surface area contributed by atoms with Crippen molar-refractivity contribution in [1.82, 2.24) is 10.2 Å². The highest BCUT2D eigenvalue weighted by atomic mass is 127. The summed E-state index contributed by atoms with van der Waals surface area (Å²) in [4.78, 5) is 6.49. The van der Waals surface area contributed by atoms with E-state index in [2.05, 4.69) is 34.4 Å². The molecule has 0 bridgehead atoms. The van der Waals surface area contributed by atoms with Gasteiger partial charge < -0.3 is 15.0 Å². The summed E-state index contributed by atoms with van der Waals surface area (Å²) < 4.78 is 5.17. The van der Waals surface area contributed by atoms with Crippen molar-refractivity contribution >= 4 is 29.9 Å². The molecule has 0 radical (unpaired) electrons. The van der Waals surface area contributed by atoms with Crippen molar-refractivity contribution in [3.8, 4) is 5.75 Å². The fraction of sp³-hybridized carbons (Fsp3) is 0.562. The van der Waals surface area contributed by atoms with Crippen molar-refractivity contribution < 1.29 is 4.74 Å². The molecule has 0 unspecified atom stereocenters. The summed E-state index contributed by atoms with van der Waals surface area (Å²) in [5.41, 5.74) is 1.25. The number of methoxy groups -OCH3 is 1. The number of rotatable bonds is 6. The lowest BCUT2D eigenvalue weighted by molar-refractivity contribution is 0.414. The number of halogens is 1. The number of hydrogen-bond donors (Lipinski definition) is 1. The quantitative estimate of drug-likeness (QED) is 0.451. The van der Waals surface area contributed by atoms with Crippen LogP contribution in [0.25, 0.3) is 0 Å². The average molecular weight is 403 g/mol. The van der Waals surface area contributed by atoms with E-state index in [0.717, 1.165) is 30.7 Å². The van der Waals surface area contributed by atoms with Gasteiger partial charge in [0.2, 0.25) is 0 Å². The molecule has 1 aliphatic rings. The minimum Gasteiger partial charge on any atom is -0.497 e. The highest BCUT2D eigenvalue weighted by Gasteiger charge is 2.20. The van der Waals surface area contributed by atoms with E-state index < -0.39 is 0 Å². The Morgan fingerprint density at radius 2 is 2.00 bits per heavy atom. The van der Waals surface area contributed by atoms with Crippen LogP contribution in [0.1, 0.15) is 24.8 Å². The van der Waals surface area contributed by atoms with Crippen LogP contribution in [-0.4, -0.2) is 38.6 Å². The van der Waals surface area contributed by atoms with Crippen molar-refractivity contribution in [2.45, 2.75) is 25.8 Å². The standard InChI is InChI=1S/C16H25N3O.HI/c1-17-16(18-11-10-13-4-5-13)19(2)12-14-6-8-15(20-3)9-7-14;/h6-9,13H,4-5,10-12H2,1-3H3,(H,17,18);1H. The molecular weight excluding hydrogens is 377 g/mol. The normalized spacial score (nSPS) is 14.3. The van der Waals surface area contributed by atoms with Crippen LogP contribution >= 0.6 is 24.0 Å². The van der Waals surface area contributed by atoms with Crippen molar-refractivity contribution in [2.75, 3.05) is 27.7 Å². The Bertz CT molecular complexity index is 443. The monoisotopic (exact) mass is 403 g/mol. The van der Waals surface area contributed by atoms with Gasteiger partial charge in [0.05, 0.1) is 7.11 Å². The molecule has 0 aliphatic heterocycles. The molecular formula is C16H26IN3O. The molecule has 1 aromatic rings. The number of ether oxygens (including phenoxy) is 1. The second kappa shape index (κ2) is 9.12. The topological polar surface area (TPSA) is 36.9 Å². The van der Waals surface area contributed by atoms with E-state index in [9.17, 15) is 0 Å². The fourth-order valence-corrected chi connectivity index (χ4v) is 2.26. The number of aliphatic imine (C=N–C) groups is 1. The smallest absolute Gasteiger partial charge is 0.193 e. The number of guanidine groups is 1. The highest BCUT2D eigenvalue weighted by Crippen LogP contribution is 2.31. The Kier molecular flexibility index (Phi) is 7.85. The molecule has 0 spiro atoms. The predicted molar refractivity (Wildman–Crippen MR) is 98.6 cm³/mol. The molecule has 1 N–H and O–H groups in total. The van der Waals surface area contributed by atoms with Crippen molar-refractivity contribution in [3.05, 3.63) is 29.8 Å². The number of nitrogens with one attached hydrogen (secondary N) is 1. The van der Waals surface area contributed by atoms with Gasteiger partial charge in [0.1, 0.15) is 5.75 Å². The Labute approximate surface area is 145 Å². The molecule has 1 aromatic carbocycles. The zero-order valence-corrected chi connectivity index (χ0v) is 15.5. The molecule has 2 rings (SSSR count).